The molecule has 0 saturated carbocycles. The van der Waals surface area contributed by atoms with E-state index >= 15 is 0 Å². The summed E-state index contributed by atoms with van der Waals surface area (Å²) in [5.74, 6) is 0.487. The zero-order valence-corrected chi connectivity index (χ0v) is 15.6. The summed E-state index contributed by atoms with van der Waals surface area (Å²) < 4.78 is 4.63. The third-order valence-corrected chi connectivity index (χ3v) is 5.94. The molecule has 27 heavy (non-hydrogen) atoms. The molecule has 2 N–H and O–H groups in total. The molecule has 2 heterocycles. The molecular weight excluding hydrogens is 385 g/mol. The number of anilines is 1. The summed E-state index contributed by atoms with van der Waals surface area (Å²) in [6.07, 6.45) is 5.43. The lowest BCUT2D eigenvalue weighted by Crippen LogP contribution is -2.29. The Bertz CT molecular complexity index is 1120. The first-order valence-corrected chi connectivity index (χ1v) is 9.44. The molecule has 0 fully saturated rings. The fraction of sp³-hybridized carbons (Fsp3) is 0.200. The van der Waals surface area contributed by atoms with Gasteiger partial charge in [0.05, 0.1) is 6.04 Å². The quantitative estimate of drug-likeness (QED) is 0.583. The van der Waals surface area contributed by atoms with E-state index in [0.29, 0.717) is 21.8 Å². The Hall–Kier alpha value is -2.50. The van der Waals surface area contributed by atoms with Gasteiger partial charge in [-0.3, -0.25) is 9.51 Å². The smallest absolute Gasteiger partial charge is 0.378 e. The van der Waals surface area contributed by atoms with E-state index < -0.39 is 5.76 Å². The van der Waals surface area contributed by atoms with Crippen molar-refractivity contribution in [3.8, 4) is 11.4 Å². The number of aromatic amines is 1. The summed E-state index contributed by atoms with van der Waals surface area (Å²) in [6.45, 7) is 0. The number of benzene rings is 2. The predicted molar refractivity (Wildman–Crippen MR) is 105 cm³/mol. The molecular formula is C20H15Cl2N3O2. The highest BCUT2D eigenvalue weighted by Crippen LogP contribution is 2.51. The summed E-state index contributed by atoms with van der Waals surface area (Å²) in [4.78, 5) is 13.9. The lowest BCUT2D eigenvalue weighted by Gasteiger charge is -2.38. The minimum atomic E-state index is -0.558. The van der Waals surface area contributed by atoms with Gasteiger partial charge in [-0.15, -0.1) is 0 Å². The first-order chi connectivity index (χ1) is 13.1. The maximum Gasteiger partial charge on any atom is 0.439 e. The predicted octanol–water partition coefficient (Wildman–Crippen LogP) is 5.16. The Kier molecular flexibility index (Phi) is 3.88. The van der Waals surface area contributed by atoms with Crippen molar-refractivity contribution in [3.05, 3.63) is 80.3 Å². The minimum Gasteiger partial charge on any atom is -0.378 e. The molecule has 0 bridgehead atoms. The van der Waals surface area contributed by atoms with Crippen LogP contribution >= 0.6 is 23.2 Å². The van der Waals surface area contributed by atoms with Crippen LogP contribution in [0.4, 0.5) is 5.69 Å². The second-order valence-corrected chi connectivity index (χ2v) is 7.73. The van der Waals surface area contributed by atoms with E-state index in [1.165, 1.54) is 5.56 Å². The van der Waals surface area contributed by atoms with Gasteiger partial charge in [0.2, 0.25) is 0 Å². The van der Waals surface area contributed by atoms with Gasteiger partial charge in [0.15, 0.2) is 5.82 Å². The Morgan fingerprint density at radius 1 is 1.11 bits per heavy atom. The van der Waals surface area contributed by atoms with Gasteiger partial charge in [0.25, 0.3) is 0 Å². The van der Waals surface area contributed by atoms with Crippen LogP contribution in [0.3, 0.4) is 0 Å². The highest BCUT2D eigenvalue weighted by molar-refractivity contribution is 6.35. The lowest BCUT2D eigenvalue weighted by atomic mass is 9.76. The Morgan fingerprint density at radius 2 is 2.00 bits per heavy atom. The van der Waals surface area contributed by atoms with Crippen molar-refractivity contribution in [2.45, 2.75) is 18.4 Å². The molecule has 0 radical (unpaired) electrons. The van der Waals surface area contributed by atoms with Gasteiger partial charge in [0, 0.05) is 27.2 Å². The number of allylic oxidation sites excluding steroid dienone is 2. The van der Waals surface area contributed by atoms with Gasteiger partial charge in [-0.25, -0.2) is 4.79 Å². The monoisotopic (exact) mass is 399 g/mol. The van der Waals surface area contributed by atoms with Gasteiger partial charge in [0.1, 0.15) is 0 Å². The summed E-state index contributed by atoms with van der Waals surface area (Å²) in [5.41, 5.74) is 4.10. The van der Waals surface area contributed by atoms with E-state index in [4.69, 9.17) is 23.2 Å². The van der Waals surface area contributed by atoms with Crippen molar-refractivity contribution in [2.24, 2.45) is 5.92 Å². The number of aromatic nitrogens is 2. The van der Waals surface area contributed by atoms with Crippen LogP contribution in [0, 0.1) is 5.92 Å². The van der Waals surface area contributed by atoms with Crippen molar-refractivity contribution in [1.29, 1.82) is 0 Å². The normalized spacial score (nSPS) is 23.0. The van der Waals surface area contributed by atoms with E-state index in [2.05, 4.69) is 38.2 Å². The largest absolute Gasteiger partial charge is 0.439 e. The number of halogens is 2. The standard InChI is InChI=1S/C20H15Cl2N3O2/c21-11-5-6-14(16(22)9-11)18-13-3-1-2-12(13)15-8-10(4-7-17(15)23-18)19-24-20(26)27-25-19/h1-2,4-9,12-13,18,23H,3H2,(H,24,25,26)/t12-,13+,18+/m1/s1. The molecule has 7 heteroatoms. The van der Waals surface area contributed by atoms with Crippen LogP contribution in [0.5, 0.6) is 0 Å². The molecule has 1 aliphatic carbocycles. The second-order valence-electron chi connectivity index (χ2n) is 6.89. The highest BCUT2D eigenvalue weighted by atomic mass is 35.5. The molecule has 5 nitrogen and oxygen atoms in total. The summed E-state index contributed by atoms with van der Waals surface area (Å²) in [6, 6.07) is 11.7. The number of fused-ring (bicyclic) bond motifs is 3. The number of rotatable bonds is 2. The summed E-state index contributed by atoms with van der Waals surface area (Å²) >= 11 is 12.6. The van der Waals surface area contributed by atoms with E-state index in [1.807, 2.05) is 24.3 Å². The topological polar surface area (TPSA) is 70.9 Å². The Balaban J connectivity index is 1.58. The Morgan fingerprint density at radius 3 is 2.78 bits per heavy atom. The molecule has 2 aromatic carbocycles. The maximum absolute atomic E-state index is 11.3. The summed E-state index contributed by atoms with van der Waals surface area (Å²) in [7, 11) is 0. The van der Waals surface area contributed by atoms with Gasteiger partial charge in [-0.1, -0.05) is 46.6 Å². The lowest BCUT2D eigenvalue weighted by molar-refractivity contribution is 0.388. The number of hydrogen-bond acceptors (Lipinski definition) is 4. The molecule has 0 saturated heterocycles. The first kappa shape index (κ1) is 16.7. The highest BCUT2D eigenvalue weighted by Gasteiger charge is 2.38. The number of nitrogens with one attached hydrogen (secondary N) is 2. The number of hydrogen-bond donors (Lipinski definition) is 2. The van der Waals surface area contributed by atoms with Crippen molar-refractivity contribution in [2.75, 3.05) is 5.32 Å². The molecule has 0 unspecified atom stereocenters. The average Bonchev–Trinajstić information content (AvgIpc) is 3.30. The Labute approximate surface area is 165 Å². The van der Waals surface area contributed by atoms with Crippen LogP contribution in [0.2, 0.25) is 10.0 Å². The number of nitrogens with zero attached hydrogens (tertiary/aromatic N) is 1. The molecule has 0 spiro atoms. The third-order valence-electron chi connectivity index (χ3n) is 5.37. The molecule has 136 valence electrons. The van der Waals surface area contributed by atoms with E-state index in [1.54, 1.807) is 6.07 Å². The van der Waals surface area contributed by atoms with E-state index in [0.717, 1.165) is 23.2 Å². The van der Waals surface area contributed by atoms with E-state index in [9.17, 15) is 4.79 Å². The minimum absolute atomic E-state index is 0.0972. The number of H-pyrrole nitrogens is 1. The zero-order valence-electron chi connectivity index (χ0n) is 14.1. The van der Waals surface area contributed by atoms with Crippen molar-refractivity contribution >= 4 is 28.9 Å². The van der Waals surface area contributed by atoms with Crippen molar-refractivity contribution in [3.63, 3.8) is 0 Å². The molecule has 2 aliphatic rings. The van der Waals surface area contributed by atoms with Crippen molar-refractivity contribution < 1.29 is 4.52 Å². The molecule has 1 aliphatic heterocycles. The van der Waals surface area contributed by atoms with Gasteiger partial charge < -0.3 is 5.32 Å². The third kappa shape index (κ3) is 2.78. The van der Waals surface area contributed by atoms with Gasteiger partial charge in [-0.05, 0) is 53.8 Å². The maximum atomic E-state index is 11.3. The second kappa shape index (κ2) is 6.29. The average molecular weight is 400 g/mol. The van der Waals surface area contributed by atoms with Crippen LogP contribution < -0.4 is 11.1 Å². The van der Waals surface area contributed by atoms with Crippen LogP contribution in [-0.4, -0.2) is 10.1 Å². The van der Waals surface area contributed by atoms with Gasteiger partial charge >= 0.3 is 5.76 Å². The molecule has 3 atom stereocenters. The molecule has 1 aromatic heterocycles. The van der Waals surface area contributed by atoms with Gasteiger partial charge in [-0.2, -0.15) is 0 Å². The fourth-order valence-corrected chi connectivity index (χ4v) is 4.68. The van der Waals surface area contributed by atoms with Crippen LogP contribution in [0.1, 0.15) is 29.5 Å². The van der Waals surface area contributed by atoms with Crippen LogP contribution in [-0.2, 0) is 0 Å². The fourth-order valence-electron chi connectivity index (χ4n) is 4.16. The zero-order chi connectivity index (χ0) is 18.5. The van der Waals surface area contributed by atoms with Crippen LogP contribution in [0.15, 0.2) is 57.9 Å². The van der Waals surface area contributed by atoms with E-state index in [-0.39, 0.29) is 12.0 Å². The molecule has 5 rings (SSSR count). The SMILES string of the molecule is O=c1[nH]c(-c2ccc3c(c2)[C@@H]2C=CC[C@@H]2[C@@H](c2ccc(Cl)cc2Cl)N3)no1. The van der Waals surface area contributed by atoms with Crippen LogP contribution in [0.25, 0.3) is 11.4 Å². The summed E-state index contributed by atoms with van der Waals surface area (Å²) in [5, 5.41) is 8.74. The first-order valence-electron chi connectivity index (χ1n) is 8.68. The molecule has 0 amide bonds. The molecule has 3 aromatic rings. The van der Waals surface area contributed by atoms with Crippen molar-refractivity contribution in [1.82, 2.24) is 10.1 Å².